The van der Waals surface area contributed by atoms with Crippen LogP contribution in [0.5, 0.6) is 0 Å². The van der Waals surface area contributed by atoms with E-state index < -0.39 is 23.2 Å². The van der Waals surface area contributed by atoms with Gasteiger partial charge in [-0.05, 0) is 37.0 Å². The van der Waals surface area contributed by atoms with Crippen molar-refractivity contribution >= 4 is 27.5 Å². The Balaban J connectivity index is 1.59. The summed E-state index contributed by atoms with van der Waals surface area (Å²) in [6.45, 7) is -0.375. The maximum Gasteiger partial charge on any atom is 0.344 e. The van der Waals surface area contributed by atoms with Gasteiger partial charge in [0.2, 0.25) is 0 Å². The van der Waals surface area contributed by atoms with Crippen LogP contribution in [0.4, 0.5) is 8.78 Å². The zero-order valence-electron chi connectivity index (χ0n) is 12.9. The van der Waals surface area contributed by atoms with Gasteiger partial charge in [0, 0.05) is 4.88 Å². The molecule has 1 aliphatic rings. The molecule has 25 heavy (non-hydrogen) atoms. The maximum absolute atomic E-state index is 13.6. The monoisotopic (exact) mass is 362 g/mol. The van der Waals surface area contributed by atoms with E-state index in [9.17, 15) is 18.4 Å². The average molecular weight is 362 g/mol. The van der Waals surface area contributed by atoms with Crippen molar-refractivity contribution in [3.8, 4) is 0 Å². The highest BCUT2D eigenvalue weighted by molar-refractivity contribution is 7.18. The number of nitrogens with one attached hydrogen (secondary N) is 1. The molecular weight excluding hydrogens is 350 g/mol. The second kappa shape index (κ2) is 6.03. The number of aryl methyl sites for hydroxylation is 2. The highest BCUT2D eigenvalue weighted by Gasteiger charge is 2.22. The van der Waals surface area contributed by atoms with Crippen molar-refractivity contribution in [1.82, 2.24) is 9.97 Å². The molecule has 0 amide bonds. The topological polar surface area (TPSA) is 72.0 Å². The van der Waals surface area contributed by atoms with Gasteiger partial charge in [0.1, 0.15) is 34.5 Å². The second-order valence-electron chi connectivity index (χ2n) is 5.72. The van der Waals surface area contributed by atoms with Crippen LogP contribution in [0, 0.1) is 11.6 Å². The summed E-state index contributed by atoms with van der Waals surface area (Å²) in [7, 11) is 0. The first-order valence-corrected chi connectivity index (χ1v) is 8.51. The van der Waals surface area contributed by atoms with E-state index in [1.54, 1.807) is 0 Å². The Morgan fingerprint density at radius 3 is 2.80 bits per heavy atom. The van der Waals surface area contributed by atoms with E-state index >= 15 is 0 Å². The molecule has 4 rings (SSSR count). The molecule has 0 bridgehead atoms. The van der Waals surface area contributed by atoms with Gasteiger partial charge in [-0.2, -0.15) is 0 Å². The molecular formula is C17H12F2N2O3S. The van der Waals surface area contributed by atoms with Crippen molar-refractivity contribution in [1.29, 1.82) is 0 Å². The van der Waals surface area contributed by atoms with Crippen LogP contribution in [0.25, 0.3) is 10.2 Å². The maximum atomic E-state index is 13.6. The number of carbonyl (C=O) groups excluding carboxylic acids is 1. The van der Waals surface area contributed by atoms with Crippen LogP contribution in [-0.2, 0) is 24.2 Å². The smallest absolute Gasteiger partial charge is 0.344 e. The quantitative estimate of drug-likeness (QED) is 0.727. The van der Waals surface area contributed by atoms with Crippen LogP contribution in [0.1, 0.15) is 33.0 Å². The summed E-state index contributed by atoms with van der Waals surface area (Å²) in [5.74, 6) is -3.01. The molecule has 0 saturated heterocycles. The van der Waals surface area contributed by atoms with Crippen molar-refractivity contribution in [2.45, 2.75) is 25.9 Å². The molecule has 1 aromatic carbocycles. The Labute approximate surface area is 144 Å². The second-order valence-corrected chi connectivity index (χ2v) is 6.81. The normalized spacial score (nSPS) is 13.2. The van der Waals surface area contributed by atoms with Crippen molar-refractivity contribution in [2.24, 2.45) is 0 Å². The number of H-pyrrole nitrogens is 1. The predicted octanol–water partition coefficient (Wildman–Crippen LogP) is 3.11. The summed E-state index contributed by atoms with van der Waals surface area (Å²) in [5.41, 5.74) is -0.000677. The minimum Gasteiger partial charge on any atom is -0.454 e. The molecule has 0 spiro atoms. The largest absolute Gasteiger partial charge is 0.454 e. The first-order chi connectivity index (χ1) is 12.0. The third-order valence-electron chi connectivity index (χ3n) is 4.13. The number of halogens is 2. The molecule has 0 fully saturated rings. The van der Waals surface area contributed by atoms with Crippen molar-refractivity contribution in [2.75, 3.05) is 0 Å². The summed E-state index contributed by atoms with van der Waals surface area (Å²) in [6.07, 6.45) is 2.83. The molecule has 3 aromatic rings. The number of aromatic nitrogens is 2. The van der Waals surface area contributed by atoms with E-state index in [1.165, 1.54) is 11.3 Å². The van der Waals surface area contributed by atoms with Crippen molar-refractivity contribution < 1.29 is 18.3 Å². The fourth-order valence-electron chi connectivity index (χ4n) is 3.01. The molecule has 8 heteroatoms. The Hall–Kier alpha value is -2.61. The van der Waals surface area contributed by atoms with Gasteiger partial charge in [0.05, 0.1) is 5.39 Å². The molecule has 0 saturated carbocycles. The highest BCUT2D eigenvalue weighted by atomic mass is 32.1. The Morgan fingerprint density at radius 2 is 2.04 bits per heavy atom. The molecule has 2 aromatic heterocycles. The fraction of sp³-hybridized carbons (Fsp3) is 0.235. The highest BCUT2D eigenvalue weighted by Crippen LogP contribution is 2.34. The van der Waals surface area contributed by atoms with Gasteiger partial charge < -0.3 is 9.72 Å². The minimum absolute atomic E-state index is 0.141. The lowest BCUT2D eigenvalue weighted by Crippen LogP contribution is -2.15. The molecule has 5 nitrogen and oxygen atoms in total. The summed E-state index contributed by atoms with van der Waals surface area (Å²) < 4.78 is 32.1. The minimum atomic E-state index is -1.15. The third-order valence-corrected chi connectivity index (χ3v) is 5.32. The first-order valence-electron chi connectivity index (χ1n) is 7.69. The SMILES string of the molecule is O=C(OCc1nc2sc3c(c2c(=O)[nH]1)CCC3)c1c(F)cccc1F. The van der Waals surface area contributed by atoms with Gasteiger partial charge in [-0.15, -0.1) is 11.3 Å². The molecule has 128 valence electrons. The number of hydrogen-bond donors (Lipinski definition) is 1. The van der Waals surface area contributed by atoms with E-state index in [1.807, 2.05) is 0 Å². The van der Waals surface area contributed by atoms with Gasteiger partial charge in [0.15, 0.2) is 0 Å². The number of rotatable bonds is 3. The summed E-state index contributed by atoms with van der Waals surface area (Å²) >= 11 is 1.46. The lowest BCUT2D eigenvalue weighted by molar-refractivity contribution is 0.0451. The number of aromatic amines is 1. The zero-order valence-corrected chi connectivity index (χ0v) is 13.7. The van der Waals surface area contributed by atoms with Gasteiger partial charge in [0.25, 0.3) is 5.56 Å². The summed E-state index contributed by atoms with van der Waals surface area (Å²) in [4.78, 5) is 32.8. The van der Waals surface area contributed by atoms with E-state index in [-0.39, 0.29) is 18.0 Å². The first kappa shape index (κ1) is 15.9. The van der Waals surface area contributed by atoms with Crippen LogP contribution in [0.3, 0.4) is 0 Å². The number of fused-ring (bicyclic) bond motifs is 3. The zero-order chi connectivity index (χ0) is 17.6. The predicted molar refractivity (Wildman–Crippen MR) is 87.7 cm³/mol. The van der Waals surface area contributed by atoms with Crippen LogP contribution in [0.15, 0.2) is 23.0 Å². The number of esters is 1. The molecule has 0 atom stereocenters. The lowest BCUT2D eigenvalue weighted by Gasteiger charge is -2.06. The molecule has 2 heterocycles. The molecule has 0 radical (unpaired) electrons. The molecule has 1 aliphatic carbocycles. The number of nitrogens with zero attached hydrogens (tertiary/aromatic N) is 1. The van der Waals surface area contributed by atoms with E-state index in [4.69, 9.17) is 4.74 Å². The fourth-order valence-corrected chi connectivity index (χ4v) is 4.30. The van der Waals surface area contributed by atoms with E-state index in [0.29, 0.717) is 10.2 Å². The van der Waals surface area contributed by atoms with Crippen LogP contribution in [0.2, 0.25) is 0 Å². The van der Waals surface area contributed by atoms with Gasteiger partial charge >= 0.3 is 5.97 Å². The Morgan fingerprint density at radius 1 is 1.28 bits per heavy atom. The molecule has 1 N–H and O–H groups in total. The summed E-state index contributed by atoms with van der Waals surface area (Å²) in [5, 5.41) is 0.590. The number of ether oxygens (including phenoxy) is 1. The van der Waals surface area contributed by atoms with Gasteiger partial charge in [-0.3, -0.25) is 4.79 Å². The van der Waals surface area contributed by atoms with Crippen molar-refractivity contribution in [3.63, 3.8) is 0 Å². The number of hydrogen-bond acceptors (Lipinski definition) is 5. The summed E-state index contributed by atoms with van der Waals surface area (Å²) in [6, 6.07) is 3.10. The van der Waals surface area contributed by atoms with Gasteiger partial charge in [-0.1, -0.05) is 6.07 Å². The number of carbonyl (C=O) groups is 1. The average Bonchev–Trinajstić information content (AvgIpc) is 3.13. The number of thiophene rings is 1. The number of benzene rings is 1. The molecule has 0 unspecified atom stereocenters. The third kappa shape index (κ3) is 2.72. The lowest BCUT2D eigenvalue weighted by atomic mass is 10.2. The Kier molecular flexibility index (Phi) is 3.84. The van der Waals surface area contributed by atoms with E-state index in [0.717, 1.165) is 47.9 Å². The van der Waals surface area contributed by atoms with Gasteiger partial charge in [-0.25, -0.2) is 18.6 Å². The van der Waals surface area contributed by atoms with Crippen LogP contribution >= 0.6 is 11.3 Å². The van der Waals surface area contributed by atoms with Crippen LogP contribution in [-0.4, -0.2) is 15.9 Å². The standard InChI is InChI=1S/C17H12F2N2O3S/c18-9-4-2-5-10(19)14(9)17(23)24-7-12-20-15(22)13-8-3-1-6-11(8)25-16(13)21-12/h2,4-5H,1,3,6-7H2,(H,20,21,22). The van der Waals surface area contributed by atoms with E-state index in [2.05, 4.69) is 9.97 Å². The van der Waals surface area contributed by atoms with Crippen molar-refractivity contribution in [3.05, 3.63) is 62.0 Å². The molecule has 0 aliphatic heterocycles. The van der Waals surface area contributed by atoms with Crippen LogP contribution < -0.4 is 5.56 Å². The Bertz CT molecular complexity index is 1040.